The molecule has 12 rings (SSSR count). The molecular weight excluding hydrogens is 1470 g/mol. The highest BCUT2D eigenvalue weighted by Crippen LogP contribution is 2.76. The Labute approximate surface area is 634 Å². The molecule has 626 valence electrons. The Morgan fingerprint density at radius 3 is 1.60 bits per heavy atom. The van der Waals surface area contributed by atoms with Gasteiger partial charge in [-0.05, 0) is 117 Å². The zero-order valence-corrected chi connectivity index (χ0v) is 63.1. The van der Waals surface area contributed by atoms with Crippen LogP contribution >= 0.6 is 0 Å². The lowest BCUT2D eigenvalue weighted by Crippen LogP contribution is -2.69. The van der Waals surface area contributed by atoms with Crippen molar-refractivity contribution in [2.45, 2.75) is 336 Å². The lowest BCUT2D eigenvalue weighted by molar-refractivity contribution is -0.391. The number of aliphatic hydroxyl groups is 15. The summed E-state index contributed by atoms with van der Waals surface area (Å²) in [5, 5.41) is 174. The summed E-state index contributed by atoms with van der Waals surface area (Å²) in [6, 6.07) is 0. The van der Waals surface area contributed by atoms with Crippen LogP contribution in [0.1, 0.15) is 133 Å². The average Bonchev–Trinajstić information content (AvgIpc) is 0.673. The smallest absolute Gasteiger partial charge is 0.335 e. The minimum Gasteiger partial charge on any atom is -0.479 e. The topological polar surface area (TPSA) is 557 Å². The van der Waals surface area contributed by atoms with Crippen molar-refractivity contribution < 1.29 is 181 Å². The molecule has 0 unspecified atom stereocenters. The largest absolute Gasteiger partial charge is 0.479 e. The van der Waals surface area contributed by atoms with Gasteiger partial charge >= 0.3 is 23.9 Å². The summed E-state index contributed by atoms with van der Waals surface area (Å²) >= 11 is 0. The van der Waals surface area contributed by atoms with E-state index in [-0.39, 0.29) is 17.8 Å². The molecule has 0 aromatic heterocycles. The molecule has 0 spiro atoms. The fourth-order valence-electron chi connectivity index (χ4n) is 20.5. The number of rotatable bonds is 19. The van der Waals surface area contributed by atoms with Gasteiger partial charge < -0.3 is 162 Å². The number of allylic oxidation sites excluding steroid dienone is 2. The summed E-state index contributed by atoms with van der Waals surface area (Å²) in [6.07, 6.45) is -50.6. The molecule has 16 N–H and O–H groups in total. The number of fused-ring (bicyclic) bond motifs is 7. The van der Waals surface area contributed by atoms with E-state index in [2.05, 4.69) is 40.7 Å². The minimum atomic E-state index is -2.22. The highest BCUT2D eigenvalue weighted by Gasteiger charge is 2.72. The Balaban J connectivity index is 0.798. The standard InChI is InChI=1S/C73H112O37/c1-27-51(104-62-50(91)53(35(80)25-97-62)105-60-45(86)40(81)33(78)23-95-60)44(85)48(89)63(98-27)109-58-56(101-30(4)77)52(100-29(3)76)28(2)99-65(58)110-67(94)73-19-17-68(5,6)21-32(73)31-11-12-38-69(7)15-14-39(70(8,26-75)37(69)13-16-72(38,10)71(31,9)18-20-73)103-66-57(108-64-47(88)43(84)42(83)36(22-74)102-64)54(49(90)55(107-66)59(92)93)106-61-46(87)41(82)34(79)24-96-61/h11,26-28,32-58,60-66,74,78-91H,12-25H2,1-10H3,(H,92,93)/t27-,28+,32-,33+,34+,35+,36+,37+,38+,39-,40-,41-,42-,43-,44+,45+,46+,47+,48+,49-,50+,51-,52-,53-,54-,55-,56-,57+,58+,60-,61-,62-,63-,64-,65-,66-,69+,70-,71+,72+,73-/m0/s1. The first-order chi connectivity index (χ1) is 51.6. The van der Waals surface area contributed by atoms with Crippen molar-refractivity contribution in [3.8, 4) is 0 Å². The number of carbonyl (C=O) groups is 5. The van der Waals surface area contributed by atoms with E-state index >= 15 is 4.79 Å². The third-order valence-corrected chi connectivity index (χ3v) is 27.0. The van der Waals surface area contributed by atoms with Crippen LogP contribution in [0.5, 0.6) is 0 Å². The molecule has 4 saturated carbocycles. The van der Waals surface area contributed by atoms with Crippen LogP contribution in [-0.2, 0) is 99.8 Å². The van der Waals surface area contributed by atoms with Crippen LogP contribution in [0.2, 0.25) is 0 Å². The van der Waals surface area contributed by atoms with Gasteiger partial charge in [0.15, 0.2) is 62.2 Å². The number of aldehydes is 1. The molecule has 7 heterocycles. The second-order valence-electron chi connectivity index (χ2n) is 34.2. The maximum atomic E-state index is 16.0. The zero-order chi connectivity index (χ0) is 80.3. The number of carboxylic acids is 1. The van der Waals surface area contributed by atoms with E-state index in [1.807, 2.05) is 0 Å². The van der Waals surface area contributed by atoms with Crippen LogP contribution in [0.25, 0.3) is 0 Å². The molecule has 0 aromatic rings. The van der Waals surface area contributed by atoms with Gasteiger partial charge in [-0.15, -0.1) is 0 Å². The third kappa shape index (κ3) is 15.3. The average molecular weight is 1580 g/mol. The molecule has 37 nitrogen and oxygen atoms in total. The summed E-state index contributed by atoms with van der Waals surface area (Å²) in [5.41, 5.74) is -3.69. The second kappa shape index (κ2) is 32.6. The van der Waals surface area contributed by atoms with Crippen LogP contribution in [0.15, 0.2) is 11.6 Å². The number of esters is 3. The third-order valence-electron chi connectivity index (χ3n) is 27.0. The van der Waals surface area contributed by atoms with E-state index in [4.69, 9.17) is 75.8 Å². The fourth-order valence-corrected chi connectivity index (χ4v) is 20.5. The monoisotopic (exact) mass is 1580 g/mol. The van der Waals surface area contributed by atoms with Crippen molar-refractivity contribution in [1.29, 1.82) is 0 Å². The summed E-state index contributed by atoms with van der Waals surface area (Å²) in [4.78, 5) is 69.4. The molecule has 0 aromatic carbocycles. The maximum Gasteiger partial charge on any atom is 0.335 e. The highest BCUT2D eigenvalue weighted by atomic mass is 16.8. The highest BCUT2D eigenvalue weighted by molar-refractivity contribution is 5.79. The van der Waals surface area contributed by atoms with Crippen LogP contribution < -0.4 is 0 Å². The Morgan fingerprint density at radius 2 is 1.00 bits per heavy atom. The van der Waals surface area contributed by atoms with Gasteiger partial charge in [-0.25, -0.2) is 4.79 Å². The normalized spacial score (nSPS) is 52.3. The number of hydrogen-bond acceptors (Lipinski definition) is 36. The number of hydrogen-bond donors (Lipinski definition) is 16. The van der Waals surface area contributed by atoms with Crippen LogP contribution in [0.4, 0.5) is 0 Å². The van der Waals surface area contributed by atoms with Gasteiger partial charge in [0.25, 0.3) is 0 Å². The first-order valence-corrected chi connectivity index (χ1v) is 38.1. The lowest BCUT2D eigenvalue weighted by Gasteiger charge is -2.71. The number of aliphatic carboxylic acids is 1. The van der Waals surface area contributed by atoms with Crippen molar-refractivity contribution in [3.63, 3.8) is 0 Å². The number of aliphatic hydroxyl groups excluding tert-OH is 15. The molecule has 37 heteroatoms. The Hall–Kier alpha value is -3.83. The maximum absolute atomic E-state index is 16.0. The molecule has 12 aliphatic rings. The summed E-state index contributed by atoms with van der Waals surface area (Å²) in [6.45, 7) is 15.3. The first kappa shape index (κ1) is 85.5. The Morgan fingerprint density at radius 1 is 0.482 bits per heavy atom. The summed E-state index contributed by atoms with van der Waals surface area (Å²) < 4.78 is 96.4. The SMILES string of the molecule is CC(=O)O[C@H]1[C@@H](OC(C)=O)[C@@H](C)O[C@@H](OC(=O)[C@]23CCC(C)(C)C[C@H]2C2=CC[C@@H]4[C@]5(C)CC[C@H](O[C@H]6O[C@H](C(=O)O)[C@@H](O)[C@H](O[C@@H]7OC[C@@H](O)[C@H](O)[C@H]7O)[C@H]6O[C@@H]6O[C@H](CO)[C@H](O)[C@H](O)[C@H]6O)[C@@](C)(C=O)[C@@H]5CC[C@@]4(C)[C@]2(C)CC3)[C@@H]1O[C@@H]1O[C@@H](C)[C@H](O[C@@H]2OC[C@@H](O)[C@H](O[C@@H]3OC[C@@H](O)[C@H](O)[C@H]3O)[C@H]2O)[C@H](O)[C@H]1O. The molecule has 11 fully saturated rings. The predicted molar refractivity (Wildman–Crippen MR) is 360 cm³/mol. The van der Waals surface area contributed by atoms with E-state index in [1.54, 1.807) is 6.92 Å². The van der Waals surface area contributed by atoms with E-state index in [1.165, 1.54) is 13.8 Å². The number of carboxylic acid groups (broad SMARTS) is 1. The van der Waals surface area contributed by atoms with Crippen LogP contribution in [-0.4, -0.2) is 341 Å². The second-order valence-corrected chi connectivity index (χ2v) is 34.2. The summed E-state index contributed by atoms with van der Waals surface area (Å²) in [7, 11) is 0. The molecular formula is C73H112O37. The van der Waals surface area contributed by atoms with Crippen molar-refractivity contribution in [1.82, 2.24) is 0 Å². The summed E-state index contributed by atoms with van der Waals surface area (Å²) in [5.74, 6) is -5.16. The van der Waals surface area contributed by atoms with Crippen LogP contribution in [0, 0.1) is 50.2 Å². The molecule has 7 aliphatic heterocycles. The Bertz CT molecular complexity index is 3290. The van der Waals surface area contributed by atoms with Gasteiger partial charge in [-0.1, -0.05) is 53.2 Å². The van der Waals surface area contributed by atoms with Gasteiger partial charge in [0.2, 0.25) is 6.29 Å². The van der Waals surface area contributed by atoms with Gasteiger partial charge in [0.1, 0.15) is 122 Å². The quantitative estimate of drug-likeness (QED) is 0.0192. The van der Waals surface area contributed by atoms with Crippen molar-refractivity contribution in [2.75, 3.05) is 26.4 Å². The zero-order valence-electron chi connectivity index (χ0n) is 63.1. The number of ether oxygens (including phenoxy) is 16. The van der Waals surface area contributed by atoms with E-state index < -0.39 is 292 Å². The first-order valence-electron chi connectivity index (χ1n) is 38.1. The van der Waals surface area contributed by atoms with Gasteiger partial charge in [-0.3, -0.25) is 14.4 Å². The predicted octanol–water partition coefficient (Wildman–Crippen LogP) is -4.18. The lowest BCUT2D eigenvalue weighted by atomic mass is 9.33. The van der Waals surface area contributed by atoms with Gasteiger partial charge in [0, 0.05) is 13.8 Å². The van der Waals surface area contributed by atoms with E-state index in [9.17, 15) is 101 Å². The van der Waals surface area contributed by atoms with E-state index in [0.29, 0.717) is 57.8 Å². The van der Waals surface area contributed by atoms with Crippen molar-refractivity contribution in [2.24, 2.45) is 50.2 Å². The number of carbonyl (C=O) groups excluding carboxylic acids is 4. The molecule has 7 saturated heterocycles. The van der Waals surface area contributed by atoms with Crippen LogP contribution in [0.3, 0.4) is 0 Å². The van der Waals surface area contributed by atoms with Crippen molar-refractivity contribution in [3.05, 3.63) is 11.6 Å². The molecule has 0 bridgehead atoms. The molecule has 0 amide bonds. The van der Waals surface area contributed by atoms with Crippen molar-refractivity contribution >= 4 is 30.2 Å². The molecule has 0 radical (unpaired) electrons. The Kier molecular flexibility index (Phi) is 25.3. The molecule has 41 atom stereocenters. The van der Waals surface area contributed by atoms with Gasteiger partial charge in [0.05, 0.1) is 55.6 Å². The fraction of sp³-hybridized carbons (Fsp3) is 0.904. The van der Waals surface area contributed by atoms with Gasteiger partial charge in [-0.2, -0.15) is 0 Å². The minimum absolute atomic E-state index is 0.130. The van der Waals surface area contributed by atoms with E-state index in [0.717, 1.165) is 25.7 Å². The molecule has 5 aliphatic carbocycles. The molecule has 110 heavy (non-hydrogen) atoms.